The van der Waals surface area contributed by atoms with Crippen LogP contribution in [0.2, 0.25) is 0 Å². The summed E-state index contributed by atoms with van der Waals surface area (Å²) < 4.78 is 37.1. The van der Waals surface area contributed by atoms with Crippen LogP contribution in [-0.4, -0.2) is 5.91 Å². The lowest BCUT2D eigenvalue weighted by Crippen LogP contribution is -2.16. The van der Waals surface area contributed by atoms with E-state index in [9.17, 15) is 18.0 Å². The van der Waals surface area contributed by atoms with Crippen LogP contribution in [0.15, 0.2) is 12.1 Å². The Morgan fingerprint density at radius 1 is 1.33 bits per heavy atom. The summed E-state index contributed by atoms with van der Waals surface area (Å²) >= 11 is 0. The van der Waals surface area contributed by atoms with Gasteiger partial charge in [-0.05, 0) is 24.6 Å². The van der Waals surface area contributed by atoms with Gasteiger partial charge in [0.25, 0.3) is 5.91 Å². The fourth-order valence-corrected chi connectivity index (χ4v) is 1.17. The molecule has 0 atom stereocenters. The summed E-state index contributed by atoms with van der Waals surface area (Å²) in [6.45, 7) is 1.39. The Bertz CT molecular complexity index is 413. The number of amides is 1. The van der Waals surface area contributed by atoms with Crippen LogP contribution in [0.3, 0.4) is 0 Å². The number of alkyl halides is 3. The molecule has 0 aliphatic rings. The van der Waals surface area contributed by atoms with Crippen molar-refractivity contribution in [2.75, 3.05) is 5.73 Å². The molecule has 0 aliphatic heterocycles. The number of hydrogen-bond donors (Lipinski definition) is 2. The second-order valence-electron chi connectivity index (χ2n) is 3.12. The lowest BCUT2D eigenvalue weighted by atomic mass is 10.0. The minimum Gasteiger partial charge on any atom is -0.398 e. The van der Waals surface area contributed by atoms with E-state index in [0.717, 1.165) is 6.07 Å². The predicted octanol–water partition coefficient (Wildman–Crippen LogP) is 1.69. The maximum atomic E-state index is 12.4. The highest BCUT2D eigenvalue weighted by Gasteiger charge is 2.32. The molecule has 0 saturated carbocycles. The number of carbonyl (C=O) groups excluding carboxylic acids is 1. The third-order valence-electron chi connectivity index (χ3n) is 1.98. The summed E-state index contributed by atoms with van der Waals surface area (Å²) in [5, 5.41) is 0. The molecule has 0 saturated heterocycles. The number of benzene rings is 1. The van der Waals surface area contributed by atoms with Gasteiger partial charge in [0.2, 0.25) is 0 Å². The van der Waals surface area contributed by atoms with Gasteiger partial charge in [-0.2, -0.15) is 13.2 Å². The van der Waals surface area contributed by atoms with Gasteiger partial charge in [0.05, 0.1) is 11.1 Å². The van der Waals surface area contributed by atoms with Crippen LogP contribution in [-0.2, 0) is 6.18 Å². The Labute approximate surface area is 83.9 Å². The first-order valence-corrected chi connectivity index (χ1v) is 4.00. The minimum atomic E-state index is -4.51. The van der Waals surface area contributed by atoms with Gasteiger partial charge in [0, 0.05) is 5.69 Å². The van der Waals surface area contributed by atoms with Crippen molar-refractivity contribution in [3.63, 3.8) is 0 Å². The van der Waals surface area contributed by atoms with E-state index in [4.69, 9.17) is 11.5 Å². The molecule has 1 aromatic carbocycles. The van der Waals surface area contributed by atoms with Gasteiger partial charge in [0.15, 0.2) is 0 Å². The minimum absolute atomic E-state index is 0.0181. The van der Waals surface area contributed by atoms with Crippen LogP contribution in [0, 0.1) is 6.92 Å². The average Bonchev–Trinajstić information content (AvgIpc) is 2.06. The molecule has 0 spiro atoms. The number of nitrogens with two attached hydrogens (primary N) is 2. The first kappa shape index (κ1) is 11.4. The largest absolute Gasteiger partial charge is 0.416 e. The van der Waals surface area contributed by atoms with E-state index in [0.29, 0.717) is 6.07 Å². The number of carbonyl (C=O) groups is 1. The third kappa shape index (κ3) is 2.20. The first-order valence-electron chi connectivity index (χ1n) is 4.00. The monoisotopic (exact) mass is 218 g/mol. The Kier molecular flexibility index (Phi) is 2.61. The molecule has 15 heavy (non-hydrogen) atoms. The molecule has 4 N–H and O–H groups in total. The van der Waals surface area contributed by atoms with Crippen LogP contribution in [0.1, 0.15) is 21.5 Å². The summed E-state index contributed by atoms with van der Waals surface area (Å²) in [6.07, 6.45) is -4.51. The van der Waals surface area contributed by atoms with E-state index in [1.807, 2.05) is 0 Å². The van der Waals surface area contributed by atoms with Crippen molar-refractivity contribution < 1.29 is 18.0 Å². The average molecular weight is 218 g/mol. The molecule has 0 aliphatic carbocycles. The highest BCUT2D eigenvalue weighted by atomic mass is 19.4. The van der Waals surface area contributed by atoms with E-state index < -0.39 is 17.6 Å². The zero-order valence-electron chi connectivity index (χ0n) is 7.85. The van der Waals surface area contributed by atoms with Crippen LogP contribution in [0.25, 0.3) is 0 Å². The Morgan fingerprint density at radius 2 is 1.87 bits per heavy atom. The quantitative estimate of drug-likeness (QED) is 0.704. The molecule has 0 radical (unpaired) electrons. The standard InChI is InChI=1S/C9H9F3N2O/c1-4-2-5(9(10,11)12)3-6(7(4)13)8(14)15/h2-3H,13H2,1H3,(H2,14,15). The molecule has 3 nitrogen and oxygen atoms in total. The van der Waals surface area contributed by atoms with Gasteiger partial charge in [0.1, 0.15) is 0 Å². The van der Waals surface area contributed by atoms with Gasteiger partial charge in [-0.1, -0.05) is 0 Å². The van der Waals surface area contributed by atoms with Crippen molar-refractivity contribution in [1.29, 1.82) is 0 Å². The second kappa shape index (κ2) is 3.45. The molecule has 1 aromatic rings. The highest BCUT2D eigenvalue weighted by molar-refractivity contribution is 5.98. The molecule has 0 fully saturated rings. The number of primary amides is 1. The molecule has 0 bridgehead atoms. The Morgan fingerprint density at radius 3 is 2.27 bits per heavy atom. The second-order valence-corrected chi connectivity index (χ2v) is 3.12. The summed E-state index contributed by atoms with van der Waals surface area (Å²) in [5.41, 5.74) is 9.27. The Hall–Kier alpha value is -1.72. The predicted molar refractivity (Wildman–Crippen MR) is 49.1 cm³/mol. The zero-order chi connectivity index (χ0) is 11.8. The summed E-state index contributed by atoms with van der Waals surface area (Å²) in [6, 6.07) is 1.53. The lowest BCUT2D eigenvalue weighted by molar-refractivity contribution is -0.137. The zero-order valence-corrected chi connectivity index (χ0v) is 7.85. The van der Waals surface area contributed by atoms with Crippen molar-refractivity contribution in [3.05, 3.63) is 28.8 Å². The maximum absolute atomic E-state index is 12.4. The Balaban J connectivity index is 3.43. The topological polar surface area (TPSA) is 69.1 Å². The molecular formula is C9H9F3N2O. The van der Waals surface area contributed by atoms with Gasteiger partial charge in [-0.15, -0.1) is 0 Å². The lowest BCUT2D eigenvalue weighted by Gasteiger charge is -2.11. The number of aryl methyl sites for hydroxylation is 1. The van der Waals surface area contributed by atoms with E-state index in [1.54, 1.807) is 0 Å². The maximum Gasteiger partial charge on any atom is 0.416 e. The van der Waals surface area contributed by atoms with Crippen LogP contribution in [0.4, 0.5) is 18.9 Å². The number of nitrogen functional groups attached to an aromatic ring is 1. The van der Waals surface area contributed by atoms with Crippen LogP contribution >= 0.6 is 0 Å². The van der Waals surface area contributed by atoms with Crippen molar-refractivity contribution >= 4 is 11.6 Å². The number of rotatable bonds is 1. The van der Waals surface area contributed by atoms with Gasteiger partial charge < -0.3 is 11.5 Å². The molecule has 6 heteroatoms. The van der Waals surface area contributed by atoms with Crippen molar-refractivity contribution in [1.82, 2.24) is 0 Å². The molecule has 0 aromatic heterocycles. The molecule has 0 heterocycles. The van der Waals surface area contributed by atoms with Crippen molar-refractivity contribution in [2.45, 2.75) is 13.1 Å². The molecule has 1 rings (SSSR count). The van der Waals surface area contributed by atoms with E-state index in [2.05, 4.69) is 0 Å². The molecule has 0 unspecified atom stereocenters. The number of anilines is 1. The SMILES string of the molecule is Cc1cc(C(F)(F)F)cc(C(N)=O)c1N. The number of hydrogen-bond acceptors (Lipinski definition) is 2. The third-order valence-corrected chi connectivity index (χ3v) is 1.98. The van der Waals surface area contributed by atoms with Crippen LogP contribution in [0.5, 0.6) is 0 Å². The molecule has 82 valence electrons. The van der Waals surface area contributed by atoms with Crippen molar-refractivity contribution in [2.24, 2.45) is 5.73 Å². The smallest absolute Gasteiger partial charge is 0.398 e. The summed E-state index contributed by atoms with van der Waals surface area (Å²) in [7, 11) is 0. The van der Waals surface area contributed by atoms with E-state index >= 15 is 0 Å². The molecular weight excluding hydrogens is 209 g/mol. The number of halogens is 3. The van der Waals surface area contributed by atoms with Crippen molar-refractivity contribution in [3.8, 4) is 0 Å². The van der Waals surface area contributed by atoms with Gasteiger partial charge >= 0.3 is 6.18 Å². The first-order chi connectivity index (χ1) is 6.73. The summed E-state index contributed by atoms with van der Waals surface area (Å²) in [4.78, 5) is 10.8. The normalized spacial score (nSPS) is 11.5. The summed E-state index contributed by atoms with van der Waals surface area (Å²) in [5.74, 6) is -0.971. The molecule has 1 amide bonds. The van der Waals surface area contributed by atoms with E-state index in [-0.39, 0.29) is 16.8 Å². The van der Waals surface area contributed by atoms with Crippen LogP contribution < -0.4 is 11.5 Å². The van der Waals surface area contributed by atoms with Gasteiger partial charge in [-0.25, -0.2) is 0 Å². The van der Waals surface area contributed by atoms with Gasteiger partial charge in [-0.3, -0.25) is 4.79 Å². The van der Waals surface area contributed by atoms with E-state index in [1.165, 1.54) is 6.92 Å². The highest BCUT2D eigenvalue weighted by Crippen LogP contribution is 2.32. The fourth-order valence-electron chi connectivity index (χ4n) is 1.17. The fraction of sp³-hybridized carbons (Fsp3) is 0.222.